The third-order valence-electron chi connectivity index (χ3n) is 2.36. The predicted molar refractivity (Wildman–Crippen MR) is 67.4 cm³/mol. The topological polar surface area (TPSA) is 43.8 Å². The van der Waals surface area contributed by atoms with Crippen LogP contribution in [0.15, 0.2) is 30.5 Å². The molecule has 0 amide bonds. The molecular weight excluding hydrogens is 222 g/mol. The zero-order valence-electron chi connectivity index (χ0n) is 9.15. The molecule has 0 fully saturated rings. The first-order valence-corrected chi connectivity index (χ1v) is 5.67. The normalized spacial score (nSPS) is 10.6. The molecule has 0 saturated heterocycles. The number of anilines is 1. The lowest BCUT2D eigenvalue weighted by molar-refractivity contribution is 0.605. The molecule has 1 heterocycles. The van der Waals surface area contributed by atoms with Crippen LogP contribution < -0.4 is 5.73 Å². The van der Waals surface area contributed by atoms with Crippen LogP contribution >= 0.6 is 11.6 Å². The maximum Gasteiger partial charge on any atom is 0.115 e. The van der Waals surface area contributed by atoms with Gasteiger partial charge in [0.25, 0.3) is 0 Å². The van der Waals surface area contributed by atoms with E-state index in [9.17, 15) is 0 Å². The Balaban J connectivity index is 2.36. The summed E-state index contributed by atoms with van der Waals surface area (Å²) in [7, 11) is 0. The van der Waals surface area contributed by atoms with E-state index >= 15 is 0 Å². The largest absolute Gasteiger partial charge is 0.396 e. The molecule has 4 heteroatoms. The van der Waals surface area contributed by atoms with Gasteiger partial charge in [0.2, 0.25) is 0 Å². The van der Waals surface area contributed by atoms with Gasteiger partial charge in [0.15, 0.2) is 0 Å². The first-order valence-electron chi connectivity index (χ1n) is 5.29. The van der Waals surface area contributed by atoms with Crippen LogP contribution in [0.25, 0.3) is 11.3 Å². The maximum absolute atomic E-state index is 5.93. The molecule has 1 aromatic heterocycles. The molecule has 84 valence electrons. The summed E-state index contributed by atoms with van der Waals surface area (Å²) in [6, 6.07) is 7.54. The fourth-order valence-electron chi connectivity index (χ4n) is 1.61. The highest BCUT2D eigenvalue weighted by molar-refractivity contribution is 6.30. The second kappa shape index (κ2) is 4.58. The second-order valence-corrected chi connectivity index (χ2v) is 4.14. The van der Waals surface area contributed by atoms with Crippen molar-refractivity contribution in [3.05, 3.63) is 35.5 Å². The molecule has 0 aliphatic carbocycles. The number of aromatic nitrogens is 2. The number of benzene rings is 1. The number of rotatable bonds is 3. The van der Waals surface area contributed by atoms with Crippen LogP contribution in [0, 0.1) is 0 Å². The number of aryl methyl sites for hydroxylation is 1. The molecule has 2 N–H and O–H groups in total. The van der Waals surface area contributed by atoms with Gasteiger partial charge < -0.3 is 5.73 Å². The molecule has 0 spiro atoms. The molecule has 1 aromatic carbocycles. The van der Waals surface area contributed by atoms with Gasteiger partial charge in [-0.05, 0) is 18.6 Å². The van der Waals surface area contributed by atoms with Gasteiger partial charge in [0.05, 0.1) is 5.69 Å². The number of nitrogens with zero attached hydrogens (tertiary/aromatic N) is 2. The molecule has 0 saturated carbocycles. The molecule has 0 bridgehead atoms. The second-order valence-electron chi connectivity index (χ2n) is 3.70. The molecular formula is C12H14ClN3. The fourth-order valence-corrected chi connectivity index (χ4v) is 1.74. The minimum atomic E-state index is 0.704. The number of hydrogen-bond donors (Lipinski definition) is 1. The van der Waals surface area contributed by atoms with Crippen molar-refractivity contribution in [1.29, 1.82) is 0 Å². The average Bonchev–Trinajstić information content (AvgIpc) is 2.61. The summed E-state index contributed by atoms with van der Waals surface area (Å²) in [5.74, 6) is 0. The highest BCUT2D eigenvalue weighted by Gasteiger charge is 2.07. The van der Waals surface area contributed by atoms with Crippen LogP contribution in [0.2, 0.25) is 5.02 Å². The van der Waals surface area contributed by atoms with E-state index in [0.29, 0.717) is 5.69 Å². The van der Waals surface area contributed by atoms with E-state index in [1.807, 2.05) is 35.1 Å². The van der Waals surface area contributed by atoms with E-state index in [0.717, 1.165) is 29.2 Å². The molecule has 0 atom stereocenters. The van der Waals surface area contributed by atoms with Crippen LogP contribution in [0.5, 0.6) is 0 Å². The standard InChI is InChI=1S/C12H14ClN3/c1-2-7-16-8-11(14)12(15-16)9-3-5-10(13)6-4-9/h3-6,8H,2,7,14H2,1H3. The Morgan fingerprint density at radius 1 is 1.31 bits per heavy atom. The van der Waals surface area contributed by atoms with Crippen LogP contribution in [-0.2, 0) is 6.54 Å². The Labute approximate surface area is 99.8 Å². The molecule has 2 rings (SSSR count). The third-order valence-corrected chi connectivity index (χ3v) is 2.61. The van der Waals surface area contributed by atoms with Crippen molar-refractivity contribution in [2.75, 3.05) is 5.73 Å². The summed E-state index contributed by atoms with van der Waals surface area (Å²) < 4.78 is 1.87. The predicted octanol–water partition coefficient (Wildman–Crippen LogP) is 3.20. The minimum Gasteiger partial charge on any atom is -0.396 e. The van der Waals surface area contributed by atoms with Crippen molar-refractivity contribution in [3.8, 4) is 11.3 Å². The van der Waals surface area contributed by atoms with Crippen LogP contribution in [0.3, 0.4) is 0 Å². The van der Waals surface area contributed by atoms with Gasteiger partial charge in [0, 0.05) is 23.3 Å². The summed E-state index contributed by atoms with van der Waals surface area (Å²) in [6.45, 7) is 3.00. The molecule has 0 radical (unpaired) electrons. The molecule has 0 aliphatic rings. The Bertz CT molecular complexity index is 474. The summed E-state index contributed by atoms with van der Waals surface area (Å²) >= 11 is 5.84. The van der Waals surface area contributed by atoms with E-state index in [1.54, 1.807) is 0 Å². The zero-order chi connectivity index (χ0) is 11.5. The molecule has 3 nitrogen and oxygen atoms in total. The average molecular weight is 236 g/mol. The Hall–Kier alpha value is -1.48. The van der Waals surface area contributed by atoms with Gasteiger partial charge in [0.1, 0.15) is 5.69 Å². The highest BCUT2D eigenvalue weighted by Crippen LogP contribution is 2.25. The van der Waals surface area contributed by atoms with Crippen molar-refractivity contribution >= 4 is 17.3 Å². The number of hydrogen-bond acceptors (Lipinski definition) is 2. The number of nitrogen functional groups attached to an aromatic ring is 1. The van der Waals surface area contributed by atoms with Gasteiger partial charge in [-0.1, -0.05) is 30.7 Å². The quantitative estimate of drug-likeness (QED) is 0.888. The lowest BCUT2D eigenvalue weighted by Gasteiger charge is -1.98. The fraction of sp³-hybridized carbons (Fsp3) is 0.250. The van der Waals surface area contributed by atoms with E-state index in [4.69, 9.17) is 17.3 Å². The van der Waals surface area contributed by atoms with Crippen molar-refractivity contribution < 1.29 is 0 Å². The van der Waals surface area contributed by atoms with E-state index in [2.05, 4.69) is 12.0 Å². The molecule has 0 aliphatic heterocycles. The summed E-state index contributed by atoms with van der Waals surface area (Å²) in [4.78, 5) is 0. The van der Waals surface area contributed by atoms with Crippen molar-refractivity contribution in [3.63, 3.8) is 0 Å². The first kappa shape index (κ1) is 11.0. The van der Waals surface area contributed by atoms with E-state index in [-0.39, 0.29) is 0 Å². The summed E-state index contributed by atoms with van der Waals surface area (Å²) in [5.41, 5.74) is 8.45. The first-order chi connectivity index (χ1) is 7.70. The van der Waals surface area contributed by atoms with Crippen molar-refractivity contribution in [1.82, 2.24) is 9.78 Å². The minimum absolute atomic E-state index is 0.704. The molecule has 0 unspecified atom stereocenters. The zero-order valence-corrected chi connectivity index (χ0v) is 9.91. The Kier molecular flexibility index (Phi) is 3.15. The van der Waals surface area contributed by atoms with Crippen LogP contribution in [-0.4, -0.2) is 9.78 Å². The van der Waals surface area contributed by atoms with Crippen LogP contribution in [0.1, 0.15) is 13.3 Å². The van der Waals surface area contributed by atoms with Gasteiger partial charge in [-0.15, -0.1) is 0 Å². The Morgan fingerprint density at radius 3 is 2.62 bits per heavy atom. The van der Waals surface area contributed by atoms with Gasteiger partial charge in [-0.3, -0.25) is 4.68 Å². The summed E-state index contributed by atoms with van der Waals surface area (Å²) in [5, 5.41) is 5.17. The summed E-state index contributed by atoms with van der Waals surface area (Å²) in [6.07, 6.45) is 2.91. The Morgan fingerprint density at radius 2 is 2.00 bits per heavy atom. The number of halogens is 1. The van der Waals surface area contributed by atoms with Gasteiger partial charge in [-0.2, -0.15) is 5.10 Å². The van der Waals surface area contributed by atoms with E-state index in [1.165, 1.54) is 0 Å². The van der Waals surface area contributed by atoms with Gasteiger partial charge in [-0.25, -0.2) is 0 Å². The third kappa shape index (κ3) is 2.19. The lowest BCUT2D eigenvalue weighted by Crippen LogP contribution is -1.96. The smallest absolute Gasteiger partial charge is 0.115 e. The lowest BCUT2D eigenvalue weighted by atomic mass is 10.1. The molecule has 2 aromatic rings. The van der Waals surface area contributed by atoms with Crippen LogP contribution in [0.4, 0.5) is 5.69 Å². The SMILES string of the molecule is CCCn1cc(N)c(-c2ccc(Cl)cc2)n1. The molecule has 16 heavy (non-hydrogen) atoms. The highest BCUT2D eigenvalue weighted by atomic mass is 35.5. The number of nitrogens with two attached hydrogens (primary N) is 1. The van der Waals surface area contributed by atoms with Crippen molar-refractivity contribution in [2.45, 2.75) is 19.9 Å². The van der Waals surface area contributed by atoms with E-state index < -0.39 is 0 Å². The monoisotopic (exact) mass is 235 g/mol. The van der Waals surface area contributed by atoms with Crippen molar-refractivity contribution in [2.24, 2.45) is 0 Å². The maximum atomic E-state index is 5.93. The van der Waals surface area contributed by atoms with Gasteiger partial charge >= 0.3 is 0 Å².